The van der Waals surface area contributed by atoms with E-state index in [4.69, 9.17) is 10.3 Å². The van der Waals surface area contributed by atoms with Crippen LogP contribution in [-0.2, 0) is 0 Å². The number of aromatic nitrogens is 2. The summed E-state index contributed by atoms with van der Waals surface area (Å²) in [4.78, 5) is 4.33. The number of nitrogens with two attached hydrogens (primary N) is 1. The monoisotopic (exact) mass is 223 g/mol. The van der Waals surface area contributed by atoms with Crippen molar-refractivity contribution < 1.29 is 4.52 Å². The molecule has 80 valence electrons. The van der Waals surface area contributed by atoms with Gasteiger partial charge in [0, 0.05) is 23.4 Å². The molecule has 2 rings (SSSR count). The van der Waals surface area contributed by atoms with E-state index in [2.05, 4.69) is 15.5 Å². The lowest BCUT2D eigenvalue weighted by atomic mass is 10.2. The Morgan fingerprint density at radius 1 is 1.53 bits per heavy atom. The third-order valence-electron chi connectivity index (χ3n) is 2.31. The summed E-state index contributed by atoms with van der Waals surface area (Å²) in [6, 6.07) is 0. The maximum Gasteiger partial charge on any atom is 0.231 e. The fraction of sp³-hybridized carbons (Fsp3) is 0.400. The summed E-state index contributed by atoms with van der Waals surface area (Å²) in [5.41, 5.74) is 7.75. The van der Waals surface area contributed by atoms with Gasteiger partial charge in [0.25, 0.3) is 0 Å². The van der Waals surface area contributed by atoms with Crippen LogP contribution in [0, 0.1) is 6.92 Å². The molecule has 0 aliphatic carbocycles. The van der Waals surface area contributed by atoms with E-state index in [1.165, 1.54) is 5.56 Å². The Morgan fingerprint density at radius 3 is 2.93 bits per heavy atom. The van der Waals surface area contributed by atoms with Crippen molar-refractivity contribution in [3.63, 3.8) is 0 Å². The SMILES string of the molecule is Cc1cscc1-c1noc(C(C)CN)n1. The molecule has 0 aliphatic rings. The van der Waals surface area contributed by atoms with E-state index in [0.717, 1.165) is 5.56 Å². The summed E-state index contributed by atoms with van der Waals surface area (Å²) < 4.78 is 5.16. The summed E-state index contributed by atoms with van der Waals surface area (Å²) in [5, 5.41) is 8.05. The van der Waals surface area contributed by atoms with Crippen molar-refractivity contribution in [3.05, 3.63) is 22.2 Å². The molecule has 2 aromatic heterocycles. The van der Waals surface area contributed by atoms with Gasteiger partial charge in [-0.05, 0) is 17.9 Å². The van der Waals surface area contributed by atoms with E-state index < -0.39 is 0 Å². The quantitative estimate of drug-likeness (QED) is 0.866. The molecule has 1 atom stereocenters. The molecule has 2 N–H and O–H groups in total. The molecule has 0 aromatic carbocycles. The molecule has 0 saturated carbocycles. The molecule has 0 spiro atoms. The van der Waals surface area contributed by atoms with Crippen LogP contribution in [0.3, 0.4) is 0 Å². The Bertz CT molecular complexity index is 449. The molecular weight excluding hydrogens is 210 g/mol. The Kier molecular flexibility index (Phi) is 2.83. The van der Waals surface area contributed by atoms with Gasteiger partial charge in [-0.1, -0.05) is 12.1 Å². The Hall–Kier alpha value is -1.20. The molecule has 0 amide bonds. The van der Waals surface area contributed by atoms with E-state index in [0.29, 0.717) is 18.3 Å². The summed E-state index contributed by atoms with van der Waals surface area (Å²) in [6.45, 7) is 4.52. The summed E-state index contributed by atoms with van der Waals surface area (Å²) in [6.07, 6.45) is 0. The van der Waals surface area contributed by atoms with E-state index in [1.54, 1.807) is 11.3 Å². The van der Waals surface area contributed by atoms with Crippen LogP contribution in [0.15, 0.2) is 15.3 Å². The van der Waals surface area contributed by atoms with Gasteiger partial charge in [-0.25, -0.2) is 0 Å². The van der Waals surface area contributed by atoms with E-state index in [-0.39, 0.29) is 5.92 Å². The highest BCUT2D eigenvalue weighted by molar-refractivity contribution is 7.08. The summed E-state index contributed by atoms with van der Waals surface area (Å²) >= 11 is 1.64. The minimum atomic E-state index is 0.116. The molecular formula is C10H13N3OS. The van der Waals surface area contributed by atoms with Gasteiger partial charge in [0.05, 0.1) is 0 Å². The Balaban J connectivity index is 2.32. The zero-order chi connectivity index (χ0) is 10.8. The molecule has 0 radical (unpaired) electrons. The maximum absolute atomic E-state index is 5.54. The minimum Gasteiger partial charge on any atom is -0.339 e. The van der Waals surface area contributed by atoms with Crippen molar-refractivity contribution in [2.75, 3.05) is 6.54 Å². The second-order valence-corrected chi connectivity index (χ2v) is 4.31. The molecule has 2 heterocycles. The fourth-order valence-corrected chi connectivity index (χ4v) is 2.06. The molecule has 0 aliphatic heterocycles. The number of aryl methyl sites for hydroxylation is 1. The third kappa shape index (κ3) is 1.93. The van der Waals surface area contributed by atoms with E-state index >= 15 is 0 Å². The lowest BCUT2D eigenvalue weighted by Gasteiger charge is -1.98. The normalized spacial score (nSPS) is 13.0. The van der Waals surface area contributed by atoms with Crippen molar-refractivity contribution >= 4 is 11.3 Å². The lowest BCUT2D eigenvalue weighted by molar-refractivity contribution is 0.361. The van der Waals surface area contributed by atoms with Gasteiger partial charge in [0.15, 0.2) is 0 Å². The highest BCUT2D eigenvalue weighted by Crippen LogP contribution is 2.25. The first-order valence-electron chi connectivity index (χ1n) is 4.79. The van der Waals surface area contributed by atoms with Crippen LogP contribution in [-0.4, -0.2) is 16.7 Å². The van der Waals surface area contributed by atoms with Crippen LogP contribution in [0.25, 0.3) is 11.4 Å². The zero-order valence-electron chi connectivity index (χ0n) is 8.73. The van der Waals surface area contributed by atoms with Crippen LogP contribution in [0.1, 0.15) is 24.3 Å². The molecule has 0 saturated heterocycles. The Labute approximate surface area is 92.1 Å². The number of rotatable bonds is 3. The van der Waals surface area contributed by atoms with Crippen molar-refractivity contribution in [2.24, 2.45) is 5.73 Å². The minimum absolute atomic E-state index is 0.116. The van der Waals surface area contributed by atoms with Gasteiger partial charge >= 0.3 is 0 Å². The predicted molar refractivity (Wildman–Crippen MR) is 59.8 cm³/mol. The van der Waals surface area contributed by atoms with E-state index in [1.807, 2.05) is 19.2 Å². The average Bonchev–Trinajstić information content (AvgIpc) is 2.84. The van der Waals surface area contributed by atoms with Crippen molar-refractivity contribution in [1.29, 1.82) is 0 Å². The molecule has 1 unspecified atom stereocenters. The summed E-state index contributed by atoms with van der Waals surface area (Å²) in [7, 11) is 0. The van der Waals surface area contributed by atoms with Crippen LogP contribution in [0.4, 0.5) is 0 Å². The van der Waals surface area contributed by atoms with Crippen LogP contribution in [0.2, 0.25) is 0 Å². The zero-order valence-corrected chi connectivity index (χ0v) is 9.54. The van der Waals surface area contributed by atoms with Gasteiger partial charge in [0.1, 0.15) is 0 Å². The number of nitrogens with zero attached hydrogens (tertiary/aromatic N) is 2. The van der Waals surface area contributed by atoms with Crippen LogP contribution >= 0.6 is 11.3 Å². The standard InChI is InChI=1S/C10H13N3OS/c1-6(3-11)10-12-9(13-14-10)8-5-15-4-7(8)2/h4-6H,3,11H2,1-2H3. The number of thiophene rings is 1. The van der Waals surface area contributed by atoms with Crippen LogP contribution in [0.5, 0.6) is 0 Å². The highest BCUT2D eigenvalue weighted by atomic mass is 32.1. The number of hydrogen-bond donors (Lipinski definition) is 1. The van der Waals surface area contributed by atoms with E-state index in [9.17, 15) is 0 Å². The smallest absolute Gasteiger partial charge is 0.231 e. The average molecular weight is 223 g/mol. The molecule has 5 heteroatoms. The second-order valence-electron chi connectivity index (χ2n) is 3.56. The molecule has 0 bridgehead atoms. The predicted octanol–water partition coefficient (Wildman–Crippen LogP) is 2.17. The molecule has 0 fully saturated rings. The highest BCUT2D eigenvalue weighted by Gasteiger charge is 2.15. The van der Waals surface area contributed by atoms with Crippen molar-refractivity contribution in [2.45, 2.75) is 19.8 Å². The first-order chi connectivity index (χ1) is 7.22. The summed E-state index contributed by atoms with van der Waals surface area (Å²) in [5.74, 6) is 1.38. The number of hydrogen-bond acceptors (Lipinski definition) is 5. The van der Waals surface area contributed by atoms with Gasteiger partial charge < -0.3 is 10.3 Å². The van der Waals surface area contributed by atoms with Gasteiger partial charge in [-0.2, -0.15) is 16.3 Å². The molecule has 2 aromatic rings. The third-order valence-corrected chi connectivity index (χ3v) is 3.17. The molecule has 15 heavy (non-hydrogen) atoms. The Morgan fingerprint density at radius 2 is 2.33 bits per heavy atom. The van der Waals surface area contributed by atoms with Crippen molar-refractivity contribution in [3.8, 4) is 11.4 Å². The first-order valence-corrected chi connectivity index (χ1v) is 5.73. The topological polar surface area (TPSA) is 64.9 Å². The van der Waals surface area contributed by atoms with Crippen LogP contribution < -0.4 is 5.73 Å². The maximum atomic E-state index is 5.54. The van der Waals surface area contributed by atoms with Gasteiger partial charge in [-0.3, -0.25) is 0 Å². The van der Waals surface area contributed by atoms with Gasteiger partial charge in [0.2, 0.25) is 11.7 Å². The van der Waals surface area contributed by atoms with Crippen molar-refractivity contribution in [1.82, 2.24) is 10.1 Å². The second kappa shape index (κ2) is 4.12. The largest absolute Gasteiger partial charge is 0.339 e. The lowest BCUT2D eigenvalue weighted by Crippen LogP contribution is -2.08. The molecule has 4 nitrogen and oxygen atoms in total. The fourth-order valence-electron chi connectivity index (χ4n) is 1.24. The van der Waals surface area contributed by atoms with Gasteiger partial charge in [-0.15, -0.1) is 0 Å². The first kappa shape index (κ1) is 10.3.